The van der Waals surface area contributed by atoms with E-state index < -0.39 is 0 Å². The molecule has 0 unspecified atom stereocenters. The Hall–Kier alpha value is -1.26. The number of methoxy groups -OCH3 is 1. The van der Waals surface area contributed by atoms with Crippen molar-refractivity contribution < 1.29 is 4.74 Å². The number of ether oxygens (including phenoxy) is 1. The second-order valence-electron chi connectivity index (χ2n) is 3.40. The van der Waals surface area contributed by atoms with Crippen molar-refractivity contribution in [2.24, 2.45) is 0 Å². The molecule has 1 aromatic heterocycles. The number of aromatic nitrogens is 1. The van der Waals surface area contributed by atoms with E-state index in [2.05, 4.69) is 20.9 Å². The smallest absolute Gasteiger partial charge is 0.127 e. The molecule has 0 aliphatic carbocycles. The van der Waals surface area contributed by atoms with Crippen LogP contribution in [0.1, 0.15) is 0 Å². The Kier molecular flexibility index (Phi) is 3.54. The molecule has 0 bridgehead atoms. The number of hydrogen-bond acceptors (Lipinski definition) is 3. The van der Waals surface area contributed by atoms with E-state index in [1.54, 1.807) is 13.3 Å². The molecule has 2 N–H and O–H groups in total. The molecule has 0 fully saturated rings. The summed E-state index contributed by atoms with van der Waals surface area (Å²) in [5.41, 5.74) is 8.05. The SMILES string of the molecule is COc1cccc(Br)c1-c1cncc(Cl)c1N. The first kappa shape index (κ1) is 12.2. The Morgan fingerprint density at radius 2 is 2.12 bits per heavy atom. The first-order chi connectivity index (χ1) is 8.15. The summed E-state index contributed by atoms with van der Waals surface area (Å²) in [5, 5.41) is 0.431. The summed E-state index contributed by atoms with van der Waals surface area (Å²) in [4.78, 5) is 4.05. The molecule has 0 aliphatic rings. The fourth-order valence-corrected chi connectivity index (χ4v) is 2.30. The topological polar surface area (TPSA) is 48.1 Å². The van der Waals surface area contributed by atoms with Crippen LogP contribution in [0.2, 0.25) is 5.02 Å². The van der Waals surface area contributed by atoms with Gasteiger partial charge in [0, 0.05) is 28.0 Å². The van der Waals surface area contributed by atoms with Crippen LogP contribution in [-0.2, 0) is 0 Å². The lowest BCUT2D eigenvalue weighted by atomic mass is 10.1. The van der Waals surface area contributed by atoms with Crippen molar-refractivity contribution in [1.82, 2.24) is 4.98 Å². The zero-order valence-electron chi connectivity index (χ0n) is 9.08. The van der Waals surface area contributed by atoms with Crippen molar-refractivity contribution in [1.29, 1.82) is 0 Å². The van der Waals surface area contributed by atoms with Gasteiger partial charge >= 0.3 is 0 Å². The lowest BCUT2D eigenvalue weighted by Gasteiger charge is -2.12. The predicted molar refractivity (Wildman–Crippen MR) is 73.3 cm³/mol. The van der Waals surface area contributed by atoms with Crippen molar-refractivity contribution >= 4 is 33.2 Å². The molecular weight excluding hydrogens is 304 g/mol. The lowest BCUT2D eigenvalue weighted by Crippen LogP contribution is -1.96. The van der Waals surface area contributed by atoms with Crippen LogP contribution in [0.25, 0.3) is 11.1 Å². The molecule has 0 spiro atoms. The van der Waals surface area contributed by atoms with Crippen LogP contribution in [0, 0.1) is 0 Å². The monoisotopic (exact) mass is 312 g/mol. The minimum Gasteiger partial charge on any atom is -0.496 e. The van der Waals surface area contributed by atoms with E-state index in [1.807, 2.05) is 18.2 Å². The molecule has 0 saturated heterocycles. The summed E-state index contributed by atoms with van der Waals surface area (Å²) in [6.45, 7) is 0. The normalized spacial score (nSPS) is 10.3. The number of nitrogens with zero attached hydrogens (tertiary/aromatic N) is 1. The molecule has 0 radical (unpaired) electrons. The van der Waals surface area contributed by atoms with E-state index in [4.69, 9.17) is 22.1 Å². The Labute approximate surface area is 113 Å². The third-order valence-electron chi connectivity index (χ3n) is 2.40. The fraction of sp³-hybridized carbons (Fsp3) is 0.0833. The Morgan fingerprint density at radius 3 is 2.82 bits per heavy atom. The highest BCUT2D eigenvalue weighted by Crippen LogP contribution is 2.40. The number of anilines is 1. The van der Waals surface area contributed by atoms with E-state index >= 15 is 0 Å². The summed E-state index contributed by atoms with van der Waals surface area (Å²) in [7, 11) is 1.61. The van der Waals surface area contributed by atoms with E-state index in [1.165, 1.54) is 6.20 Å². The van der Waals surface area contributed by atoms with Crippen molar-refractivity contribution in [2.75, 3.05) is 12.8 Å². The number of pyridine rings is 1. The van der Waals surface area contributed by atoms with Crippen molar-refractivity contribution in [3.63, 3.8) is 0 Å². The van der Waals surface area contributed by atoms with Crippen LogP contribution in [0.5, 0.6) is 5.75 Å². The number of hydrogen-bond donors (Lipinski definition) is 1. The number of halogens is 2. The van der Waals surface area contributed by atoms with Gasteiger partial charge in [-0.3, -0.25) is 4.98 Å². The molecule has 5 heteroatoms. The van der Waals surface area contributed by atoms with E-state index in [0.717, 1.165) is 21.3 Å². The third kappa shape index (κ3) is 2.23. The average Bonchev–Trinajstić information content (AvgIpc) is 2.33. The highest BCUT2D eigenvalue weighted by atomic mass is 79.9. The minimum absolute atomic E-state index is 0.431. The van der Waals surface area contributed by atoms with Gasteiger partial charge in [0.2, 0.25) is 0 Å². The summed E-state index contributed by atoms with van der Waals surface area (Å²) in [6, 6.07) is 5.67. The lowest BCUT2D eigenvalue weighted by molar-refractivity contribution is 0.416. The first-order valence-corrected chi connectivity index (χ1v) is 6.04. The molecular formula is C12H10BrClN2O. The van der Waals surface area contributed by atoms with Crippen LogP contribution in [0.15, 0.2) is 35.1 Å². The van der Waals surface area contributed by atoms with Gasteiger partial charge in [0.25, 0.3) is 0 Å². The van der Waals surface area contributed by atoms with Gasteiger partial charge in [0.1, 0.15) is 5.75 Å². The van der Waals surface area contributed by atoms with Gasteiger partial charge < -0.3 is 10.5 Å². The van der Waals surface area contributed by atoms with Gasteiger partial charge in [0.15, 0.2) is 0 Å². The molecule has 0 amide bonds. The molecule has 0 aliphatic heterocycles. The standard InChI is InChI=1S/C12H10BrClN2O/c1-17-10-4-2-3-8(13)11(10)7-5-16-6-9(14)12(7)15/h2-6H,1H3,(H2,15,16). The van der Waals surface area contributed by atoms with Gasteiger partial charge in [-0.2, -0.15) is 0 Å². The van der Waals surface area contributed by atoms with Crippen molar-refractivity contribution in [3.8, 4) is 16.9 Å². The Bertz CT molecular complexity index is 560. The molecule has 1 aromatic carbocycles. The average molecular weight is 314 g/mol. The maximum Gasteiger partial charge on any atom is 0.127 e. The van der Waals surface area contributed by atoms with Crippen LogP contribution in [0.4, 0.5) is 5.69 Å². The molecule has 17 heavy (non-hydrogen) atoms. The fourth-order valence-electron chi connectivity index (χ4n) is 1.58. The van der Waals surface area contributed by atoms with Gasteiger partial charge in [-0.1, -0.05) is 33.6 Å². The van der Waals surface area contributed by atoms with Gasteiger partial charge in [-0.15, -0.1) is 0 Å². The predicted octanol–water partition coefficient (Wildman–Crippen LogP) is 3.76. The van der Waals surface area contributed by atoms with Gasteiger partial charge in [-0.25, -0.2) is 0 Å². The number of benzene rings is 1. The second-order valence-corrected chi connectivity index (χ2v) is 4.66. The number of nitrogen functional groups attached to an aromatic ring is 1. The van der Waals surface area contributed by atoms with Crippen LogP contribution >= 0.6 is 27.5 Å². The van der Waals surface area contributed by atoms with Crippen LogP contribution in [0.3, 0.4) is 0 Å². The van der Waals surface area contributed by atoms with E-state index in [-0.39, 0.29) is 0 Å². The van der Waals surface area contributed by atoms with Crippen LogP contribution in [-0.4, -0.2) is 12.1 Å². The summed E-state index contributed by atoms with van der Waals surface area (Å²) in [5.74, 6) is 0.718. The van der Waals surface area contributed by atoms with Gasteiger partial charge in [0.05, 0.1) is 17.8 Å². The summed E-state index contributed by atoms with van der Waals surface area (Å²) < 4.78 is 6.20. The Morgan fingerprint density at radius 1 is 1.35 bits per heavy atom. The molecule has 0 atom stereocenters. The van der Waals surface area contributed by atoms with Crippen molar-refractivity contribution in [3.05, 3.63) is 40.1 Å². The number of nitrogens with two attached hydrogens (primary N) is 1. The largest absolute Gasteiger partial charge is 0.496 e. The maximum absolute atomic E-state index is 5.97. The van der Waals surface area contributed by atoms with E-state index in [9.17, 15) is 0 Å². The Balaban J connectivity index is 2.72. The molecule has 3 nitrogen and oxygen atoms in total. The molecule has 2 aromatic rings. The first-order valence-electron chi connectivity index (χ1n) is 4.87. The molecule has 88 valence electrons. The van der Waals surface area contributed by atoms with Crippen molar-refractivity contribution in [2.45, 2.75) is 0 Å². The number of rotatable bonds is 2. The minimum atomic E-state index is 0.431. The second kappa shape index (κ2) is 4.94. The van der Waals surface area contributed by atoms with Crippen LogP contribution < -0.4 is 10.5 Å². The third-order valence-corrected chi connectivity index (χ3v) is 3.37. The summed E-state index contributed by atoms with van der Waals surface area (Å²) in [6.07, 6.45) is 3.19. The quantitative estimate of drug-likeness (QED) is 0.918. The molecule has 0 saturated carbocycles. The molecule has 1 heterocycles. The highest BCUT2D eigenvalue weighted by Gasteiger charge is 2.14. The molecule has 2 rings (SSSR count). The van der Waals surface area contributed by atoms with E-state index in [0.29, 0.717) is 10.7 Å². The zero-order chi connectivity index (χ0) is 12.4. The van der Waals surface area contributed by atoms with Gasteiger partial charge in [-0.05, 0) is 12.1 Å². The summed E-state index contributed by atoms with van der Waals surface area (Å²) >= 11 is 9.44. The highest BCUT2D eigenvalue weighted by molar-refractivity contribution is 9.10. The zero-order valence-corrected chi connectivity index (χ0v) is 11.4. The maximum atomic E-state index is 5.97.